The molecule has 2 N–H and O–H groups in total. The zero-order valence-electron chi connectivity index (χ0n) is 26.0. The Morgan fingerprint density at radius 2 is 1.74 bits per heavy atom. The lowest BCUT2D eigenvalue weighted by atomic mass is 9.94. The summed E-state index contributed by atoms with van der Waals surface area (Å²) in [5.74, 6) is -2.54. The second-order valence-corrected chi connectivity index (χ2v) is 11.8. The summed E-state index contributed by atoms with van der Waals surface area (Å²) in [5, 5.41) is 9.49. The summed E-state index contributed by atoms with van der Waals surface area (Å²) in [6, 6.07) is 12.3. The third kappa shape index (κ3) is 8.39. The lowest BCUT2D eigenvalue weighted by molar-refractivity contribution is -0.142. The van der Waals surface area contributed by atoms with Crippen LogP contribution in [-0.2, 0) is 36.8 Å². The van der Waals surface area contributed by atoms with E-state index in [2.05, 4.69) is 20.7 Å². The lowest BCUT2D eigenvalue weighted by Gasteiger charge is -2.22. The van der Waals surface area contributed by atoms with Crippen LogP contribution in [0, 0.1) is 11.6 Å². The number of halogens is 5. The zero-order chi connectivity index (χ0) is 33.7. The number of fused-ring (bicyclic) bond motifs is 1. The van der Waals surface area contributed by atoms with E-state index >= 15 is 0 Å². The van der Waals surface area contributed by atoms with Crippen LogP contribution in [0.1, 0.15) is 57.5 Å². The number of rotatable bonds is 11. The minimum absolute atomic E-state index is 0.0832. The van der Waals surface area contributed by atoms with Gasteiger partial charge in [-0.25, -0.2) is 8.78 Å². The molecular formula is C34H35F5N6O2. The molecule has 2 amide bonds. The number of pyridine rings is 1. The Bertz CT molecular complexity index is 1730. The van der Waals surface area contributed by atoms with Gasteiger partial charge in [0, 0.05) is 47.7 Å². The molecule has 1 aliphatic carbocycles. The number of benzene rings is 2. The third-order valence-electron chi connectivity index (χ3n) is 7.97. The van der Waals surface area contributed by atoms with Gasteiger partial charge in [0.2, 0.25) is 5.91 Å². The van der Waals surface area contributed by atoms with Gasteiger partial charge in [0.05, 0.1) is 11.7 Å². The van der Waals surface area contributed by atoms with Crippen molar-refractivity contribution in [2.24, 2.45) is 0 Å². The van der Waals surface area contributed by atoms with Crippen LogP contribution in [0.3, 0.4) is 0 Å². The summed E-state index contributed by atoms with van der Waals surface area (Å²) in [7, 11) is 3.79. The van der Waals surface area contributed by atoms with E-state index in [9.17, 15) is 31.5 Å². The highest BCUT2D eigenvalue weighted by molar-refractivity contribution is 5.95. The van der Waals surface area contributed by atoms with Crippen LogP contribution in [0.2, 0.25) is 0 Å². The standard InChI is InChI=1S/C34H35F5N6O2/c1-44(2)14-13-41-33(47)23-8-5-7-22(18-23)26-10-6-12-40-31(26)28(17-21-15-24(35)19-25(36)16-21)42-30(46)20-45-29-11-4-3-9-27(29)32(43-45)34(37,38)39/h5-8,10,12,15-16,18-19,28H,3-4,9,11,13-14,17,20H2,1-2H3,(H,41,47)(H,42,46). The highest BCUT2D eigenvalue weighted by Crippen LogP contribution is 2.36. The molecule has 2 aromatic carbocycles. The van der Waals surface area contributed by atoms with Gasteiger partial charge in [0.1, 0.15) is 18.2 Å². The largest absolute Gasteiger partial charge is 0.435 e. The van der Waals surface area contributed by atoms with E-state index in [1.165, 1.54) is 6.20 Å². The monoisotopic (exact) mass is 654 g/mol. The summed E-state index contributed by atoms with van der Waals surface area (Å²) in [6.07, 6.45) is -1.38. The van der Waals surface area contributed by atoms with Crippen molar-refractivity contribution in [3.05, 3.63) is 106 Å². The number of aromatic nitrogens is 3. The van der Waals surface area contributed by atoms with Crippen LogP contribution in [0.5, 0.6) is 0 Å². The summed E-state index contributed by atoms with van der Waals surface area (Å²) < 4.78 is 70.8. The van der Waals surface area contributed by atoms with Crippen molar-refractivity contribution in [2.75, 3.05) is 27.2 Å². The molecule has 0 aliphatic heterocycles. The smallest absolute Gasteiger partial charge is 0.351 e. The lowest BCUT2D eigenvalue weighted by Crippen LogP contribution is -2.34. The predicted octanol–water partition coefficient (Wildman–Crippen LogP) is 5.51. The second kappa shape index (κ2) is 14.4. The number of nitrogens with one attached hydrogen (secondary N) is 2. The molecule has 248 valence electrons. The van der Waals surface area contributed by atoms with Crippen molar-refractivity contribution in [1.82, 2.24) is 30.3 Å². The van der Waals surface area contributed by atoms with Crippen LogP contribution < -0.4 is 10.6 Å². The van der Waals surface area contributed by atoms with Gasteiger partial charge in [-0.1, -0.05) is 18.2 Å². The molecule has 0 fully saturated rings. The van der Waals surface area contributed by atoms with Gasteiger partial charge in [0.15, 0.2) is 5.69 Å². The van der Waals surface area contributed by atoms with Gasteiger partial charge in [0.25, 0.3) is 5.91 Å². The van der Waals surface area contributed by atoms with Gasteiger partial charge in [-0.15, -0.1) is 0 Å². The maximum Gasteiger partial charge on any atom is 0.435 e. The molecular weight excluding hydrogens is 619 g/mol. The Kier molecular flexibility index (Phi) is 10.3. The number of nitrogens with zero attached hydrogens (tertiary/aromatic N) is 4. The van der Waals surface area contributed by atoms with Crippen molar-refractivity contribution >= 4 is 11.8 Å². The first-order chi connectivity index (χ1) is 22.4. The molecule has 47 heavy (non-hydrogen) atoms. The van der Waals surface area contributed by atoms with E-state index in [-0.39, 0.29) is 29.9 Å². The van der Waals surface area contributed by atoms with Gasteiger partial charge in [-0.05, 0) is 87.7 Å². The van der Waals surface area contributed by atoms with Crippen LogP contribution in [-0.4, -0.2) is 58.7 Å². The zero-order valence-corrected chi connectivity index (χ0v) is 26.0. The molecule has 1 unspecified atom stereocenters. The minimum atomic E-state index is -4.66. The normalized spacial score (nSPS) is 13.7. The maximum absolute atomic E-state index is 14.2. The molecule has 13 heteroatoms. The van der Waals surface area contributed by atoms with Crippen molar-refractivity contribution < 1.29 is 31.5 Å². The molecule has 0 saturated carbocycles. The van der Waals surface area contributed by atoms with Crippen molar-refractivity contribution in [3.8, 4) is 11.1 Å². The maximum atomic E-state index is 14.2. The number of carbonyl (C=O) groups is 2. The Morgan fingerprint density at radius 1 is 1.00 bits per heavy atom. The van der Waals surface area contributed by atoms with Gasteiger partial charge < -0.3 is 15.5 Å². The molecule has 1 atom stereocenters. The number of alkyl halides is 3. The SMILES string of the molecule is CN(C)CCNC(=O)c1cccc(-c2cccnc2C(Cc2cc(F)cc(F)c2)NC(=O)Cn2nc(C(F)(F)F)c3c2CCCC3)c1. The van der Waals surface area contributed by atoms with Crippen molar-refractivity contribution in [3.63, 3.8) is 0 Å². The van der Waals surface area contributed by atoms with E-state index in [1.54, 1.807) is 36.4 Å². The highest BCUT2D eigenvalue weighted by Gasteiger charge is 2.39. The number of carbonyl (C=O) groups excluding carboxylic acids is 2. The Labute approximate surface area is 269 Å². The Hall–Kier alpha value is -4.65. The molecule has 8 nitrogen and oxygen atoms in total. The molecule has 0 saturated heterocycles. The summed E-state index contributed by atoms with van der Waals surface area (Å²) in [4.78, 5) is 32.9. The molecule has 2 heterocycles. The molecule has 0 radical (unpaired) electrons. The number of hydrogen-bond acceptors (Lipinski definition) is 5. The second-order valence-electron chi connectivity index (χ2n) is 11.8. The Morgan fingerprint density at radius 3 is 2.47 bits per heavy atom. The quantitative estimate of drug-likeness (QED) is 0.208. The summed E-state index contributed by atoms with van der Waals surface area (Å²) in [6.45, 7) is 0.604. The van der Waals surface area contributed by atoms with Crippen molar-refractivity contribution in [2.45, 2.75) is 50.9 Å². The number of amides is 2. The summed E-state index contributed by atoms with van der Waals surface area (Å²) >= 11 is 0. The predicted molar refractivity (Wildman–Crippen MR) is 165 cm³/mol. The molecule has 2 aromatic heterocycles. The molecule has 1 aliphatic rings. The average molecular weight is 655 g/mol. The third-order valence-corrected chi connectivity index (χ3v) is 7.97. The fourth-order valence-corrected chi connectivity index (χ4v) is 5.85. The average Bonchev–Trinajstić information content (AvgIpc) is 3.39. The van der Waals surface area contributed by atoms with E-state index in [0.29, 0.717) is 60.4 Å². The number of likely N-dealkylation sites (N-methyl/N-ethyl adjacent to an activating group) is 1. The van der Waals surface area contributed by atoms with E-state index in [0.717, 1.165) is 22.9 Å². The van der Waals surface area contributed by atoms with E-state index in [1.807, 2.05) is 19.0 Å². The number of hydrogen-bond donors (Lipinski definition) is 2. The van der Waals surface area contributed by atoms with Crippen LogP contribution in [0.25, 0.3) is 11.1 Å². The van der Waals surface area contributed by atoms with Crippen LogP contribution in [0.15, 0.2) is 60.8 Å². The highest BCUT2D eigenvalue weighted by atomic mass is 19.4. The van der Waals surface area contributed by atoms with E-state index < -0.39 is 42.0 Å². The minimum Gasteiger partial charge on any atom is -0.351 e. The van der Waals surface area contributed by atoms with Crippen LogP contribution >= 0.6 is 0 Å². The first kappa shape index (κ1) is 33.7. The molecule has 0 spiro atoms. The van der Waals surface area contributed by atoms with Crippen LogP contribution in [0.4, 0.5) is 22.0 Å². The van der Waals surface area contributed by atoms with E-state index in [4.69, 9.17) is 0 Å². The fraction of sp³-hybridized carbons (Fsp3) is 0.353. The summed E-state index contributed by atoms with van der Waals surface area (Å²) in [5.41, 5.74) is 1.63. The van der Waals surface area contributed by atoms with Gasteiger partial charge >= 0.3 is 6.18 Å². The molecule has 5 rings (SSSR count). The molecule has 4 aromatic rings. The first-order valence-electron chi connectivity index (χ1n) is 15.3. The first-order valence-corrected chi connectivity index (χ1v) is 15.3. The van der Waals surface area contributed by atoms with Gasteiger partial charge in [-0.3, -0.25) is 19.3 Å². The molecule has 0 bridgehead atoms. The van der Waals surface area contributed by atoms with Crippen molar-refractivity contribution in [1.29, 1.82) is 0 Å². The Balaban J connectivity index is 1.47. The topological polar surface area (TPSA) is 92.2 Å². The fourth-order valence-electron chi connectivity index (χ4n) is 5.85. The van der Waals surface area contributed by atoms with Gasteiger partial charge in [-0.2, -0.15) is 18.3 Å².